The number of carbonyl (C=O) groups excluding carboxylic acids is 1. The Labute approximate surface area is 110 Å². The van der Waals surface area contributed by atoms with Crippen LogP contribution >= 0.6 is 11.3 Å². The van der Waals surface area contributed by atoms with Gasteiger partial charge in [0.15, 0.2) is 0 Å². The van der Waals surface area contributed by atoms with Gasteiger partial charge in [-0.15, -0.1) is 10.2 Å². The van der Waals surface area contributed by atoms with Gasteiger partial charge in [-0.2, -0.15) is 0 Å². The summed E-state index contributed by atoms with van der Waals surface area (Å²) in [5, 5.41) is 12.1. The molecule has 1 unspecified atom stereocenters. The Hall–Kier alpha value is -1.05. The molecule has 18 heavy (non-hydrogen) atoms. The van der Waals surface area contributed by atoms with Gasteiger partial charge in [0.05, 0.1) is 6.61 Å². The van der Waals surface area contributed by atoms with E-state index in [-0.39, 0.29) is 12.5 Å². The molecular formula is C11H18N4O2S. The molecule has 1 atom stereocenters. The van der Waals surface area contributed by atoms with Crippen LogP contribution < -0.4 is 11.1 Å². The highest BCUT2D eigenvalue weighted by molar-refractivity contribution is 7.15. The minimum atomic E-state index is -0.927. The van der Waals surface area contributed by atoms with Gasteiger partial charge in [0.25, 0.3) is 0 Å². The molecule has 1 aromatic rings. The van der Waals surface area contributed by atoms with E-state index in [0.717, 1.165) is 11.4 Å². The first-order valence-electron chi connectivity index (χ1n) is 6.00. The molecule has 1 saturated heterocycles. The van der Waals surface area contributed by atoms with Gasteiger partial charge >= 0.3 is 0 Å². The first kappa shape index (κ1) is 13.4. The monoisotopic (exact) mass is 270 g/mol. The molecule has 100 valence electrons. The zero-order valence-corrected chi connectivity index (χ0v) is 11.4. The summed E-state index contributed by atoms with van der Waals surface area (Å²) in [6.45, 7) is 5.02. The van der Waals surface area contributed by atoms with Crippen LogP contribution in [0.15, 0.2) is 0 Å². The lowest BCUT2D eigenvalue weighted by atomic mass is 10.00. The summed E-state index contributed by atoms with van der Waals surface area (Å²) < 4.78 is 5.16. The fourth-order valence-electron chi connectivity index (χ4n) is 1.72. The summed E-state index contributed by atoms with van der Waals surface area (Å²) >= 11 is 1.40. The molecule has 0 radical (unpaired) electrons. The minimum absolute atomic E-state index is 0.243. The number of aromatic nitrogens is 2. The Balaban J connectivity index is 1.96. The lowest BCUT2D eigenvalue weighted by Crippen LogP contribution is -2.51. The summed E-state index contributed by atoms with van der Waals surface area (Å²) in [6.07, 6.45) is 1.40. The summed E-state index contributed by atoms with van der Waals surface area (Å²) in [6, 6.07) is 0. The maximum Gasteiger partial charge on any atom is 0.248 e. The molecule has 0 spiro atoms. The maximum atomic E-state index is 12.0. The quantitative estimate of drug-likeness (QED) is 0.844. The number of nitrogens with two attached hydrogens (primary N) is 1. The molecule has 0 aliphatic carbocycles. The van der Waals surface area contributed by atoms with Crippen LogP contribution in [0.25, 0.3) is 0 Å². The summed E-state index contributed by atoms with van der Waals surface area (Å²) in [5.74, 6) is 0.276. The van der Waals surface area contributed by atoms with E-state index in [0.29, 0.717) is 24.1 Å². The largest absolute Gasteiger partial charge is 0.379 e. The van der Waals surface area contributed by atoms with Crippen LogP contribution in [0.5, 0.6) is 0 Å². The summed E-state index contributed by atoms with van der Waals surface area (Å²) in [7, 11) is 0. The molecule has 0 saturated carbocycles. The second-order valence-corrected chi connectivity index (χ2v) is 6.07. The molecule has 2 heterocycles. The van der Waals surface area contributed by atoms with E-state index in [1.54, 1.807) is 0 Å². The number of hydrogen-bond donors (Lipinski definition) is 2. The molecule has 1 fully saturated rings. The maximum absolute atomic E-state index is 12.0. The van der Waals surface area contributed by atoms with E-state index in [1.807, 2.05) is 0 Å². The zero-order valence-electron chi connectivity index (χ0n) is 10.6. The number of ether oxygens (including phenoxy) is 1. The van der Waals surface area contributed by atoms with Crippen LogP contribution in [0.2, 0.25) is 0 Å². The fourth-order valence-corrected chi connectivity index (χ4v) is 2.66. The smallest absolute Gasteiger partial charge is 0.248 e. The lowest BCUT2D eigenvalue weighted by molar-refractivity contribution is -0.121. The van der Waals surface area contributed by atoms with Crippen molar-refractivity contribution in [2.24, 2.45) is 11.7 Å². The normalized spacial score (nSPS) is 23.6. The van der Waals surface area contributed by atoms with E-state index >= 15 is 0 Å². The molecule has 7 heteroatoms. The lowest BCUT2D eigenvalue weighted by Gasteiger charge is -2.19. The van der Waals surface area contributed by atoms with Crippen molar-refractivity contribution in [2.45, 2.75) is 32.2 Å². The van der Waals surface area contributed by atoms with Gasteiger partial charge < -0.3 is 10.5 Å². The number of nitrogens with zero attached hydrogens (tertiary/aromatic N) is 2. The molecule has 6 nitrogen and oxygen atoms in total. The van der Waals surface area contributed by atoms with Gasteiger partial charge in [-0.3, -0.25) is 10.1 Å². The molecule has 1 aromatic heterocycles. The highest BCUT2D eigenvalue weighted by Crippen LogP contribution is 2.21. The van der Waals surface area contributed by atoms with Crippen molar-refractivity contribution in [1.82, 2.24) is 10.2 Å². The van der Waals surface area contributed by atoms with Crippen molar-refractivity contribution in [2.75, 3.05) is 18.5 Å². The Morgan fingerprint density at radius 3 is 3.00 bits per heavy atom. The van der Waals surface area contributed by atoms with Crippen molar-refractivity contribution in [3.63, 3.8) is 0 Å². The third-order valence-corrected chi connectivity index (χ3v) is 3.64. The number of nitrogens with one attached hydrogen (secondary N) is 1. The van der Waals surface area contributed by atoms with E-state index in [1.165, 1.54) is 11.3 Å². The Morgan fingerprint density at radius 1 is 1.61 bits per heavy atom. The van der Waals surface area contributed by atoms with Crippen molar-refractivity contribution in [3.05, 3.63) is 5.01 Å². The van der Waals surface area contributed by atoms with E-state index < -0.39 is 5.54 Å². The van der Waals surface area contributed by atoms with Crippen LogP contribution in [-0.4, -0.2) is 34.9 Å². The molecule has 1 aliphatic rings. The molecule has 2 rings (SSSR count). The van der Waals surface area contributed by atoms with Crippen LogP contribution in [0.1, 0.15) is 25.3 Å². The average Bonchev–Trinajstić information content (AvgIpc) is 2.88. The van der Waals surface area contributed by atoms with Crippen molar-refractivity contribution in [3.8, 4) is 0 Å². The van der Waals surface area contributed by atoms with Crippen LogP contribution in [0.3, 0.4) is 0 Å². The van der Waals surface area contributed by atoms with E-state index in [9.17, 15) is 4.79 Å². The van der Waals surface area contributed by atoms with E-state index in [2.05, 4.69) is 29.4 Å². The van der Waals surface area contributed by atoms with Crippen molar-refractivity contribution in [1.29, 1.82) is 0 Å². The first-order chi connectivity index (χ1) is 8.49. The Kier molecular flexibility index (Phi) is 3.94. The highest BCUT2D eigenvalue weighted by atomic mass is 32.1. The number of anilines is 1. The van der Waals surface area contributed by atoms with Gasteiger partial charge in [0.1, 0.15) is 10.5 Å². The topological polar surface area (TPSA) is 90.1 Å². The highest BCUT2D eigenvalue weighted by Gasteiger charge is 2.38. The van der Waals surface area contributed by atoms with Gasteiger partial charge in [-0.1, -0.05) is 25.2 Å². The van der Waals surface area contributed by atoms with Gasteiger partial charge in [-0.05, 0) is 12.3 Å². The third-order valence-electron chi connectivity index (χ3n) is 2.77. The molecule has 1 amide bonds. The molecular weight excluding hydrogens is 252 g/mol. The standard InChI is InChI=1S/C11H18N4O2S/c1-7(2)5-8-14-15-10(18-8)13-9(16)11(12)3-4-17-6-11/h7H,3-6,12H2,1-2H3,(H,13,15,16). The van der Waals surface area contributed by atoms with Crippen molar-refractivity contribution >= 4 is 22.4 Å². The molecule has 0 bridgehead atoms. The van der Waals surface area contributed by atoms with Gasteiger partial charge in [0.2, 0.25) is 11.0 Å². The van der Waals surface area contributed by atoms with Crippen LogP contribution in [0, 0.1) is 5.92 Å². The predicted octanol–water partition coefficient (Wildman–Crippen LogP) is 0.793. The van der Waals surface area contributed by atoms with Gasteiger partial charge in [0, 0.05) is 13.0 Å². The minimum Gasteiger partial charge on any atom is -0.379 e. The Bertz CT molecular complexity index is 426. The van der Waals surface area contributed by atoms with Crippen molar-refractivity contribution < 1.29 is 9.53 Å². The number of hydrogen-bond acceptors (Lipinski definition) is 6. The number of rotatable bonds is 4. The fraction of sp³-hybridized carbons (Fsp3) is 0.727. The second kappa shape index (κ2) is 5.29. The molecule has 1 aliphatic heterocycles. The third kappa shape index (κ3) is 3.04. The van der Waals surface area contributed by atoms with Crippen LogP contribution in [0.4, 0.5) is 5.13 Å². The first-order valence-corrected chi connectivity index (χ1v) is 6.82. The number of carbonyl (C=O) groups is 1. The molecule has 3 N–H and O–H groups in total. The average molecular weight is 270 g/mol. The second-order valence-electron chi connectivity index (χ2n) is 5.01. The zero-order chi connectivity index (χ0) is 13.2. The Morgan fingerprint density at radius 2 is 2.39 bits per heavy atom. The number of amides is 1. The van der Waals surface area contributed by atoms with Crippen LogP contribution in [-0.2, 0) is 16.0 Å². The molecule has 0 aromatic carbocycles. The summed E-state index contributed by atoms with van der Waals surface area (Å²) in [4.78, 5) is 12.0. The van der Waals surface area contributed by atoms with E-state index in [4.69, 9.17) is 10.5 Å². The predicted molar refractivity (Wildman–Crippen MR) is 69.4 cm³/mol. The van der Waals surface area contributed by atoms with Gasteiger partial charge in [-0.25, -0.2) is 0 Å². The summed E-state index contributed by atoms with van der Waals surface area (Å²) in [5.41, 5.74) is 5.03. The SMILES string of the molecule is CC(C)Cc1nnc(NC(=O)C2(N)CCOC2)s1.